The van der Waals surface area contributed by atoms with Crippen LogP contribution in [0.4, 0.5) is 0 Å². The van der Waals surface area contributed by atoms with Gasteiger partial charge in [0.1, 0.15) is 24.0 Å². The van der Waals surface area contributed by atoms with Crippen LogP contribution in [0.1, 0.15) is 93.9 Å². The molecule has 2 unspecified atom stereocenters. The van der Waals surface area contributed by atoms with E-state index in [1.165, 1.54) is 24.4 Å². The Labute approximate surface area is 222 Å². The Bertz CT molecular complexity index is 1120. The molecule has 0 aromatic heterocycles. The monoisotopic (exact) mass is 511 g/mol. The molecule has 6 heteroatoms. The second-order valence-electron chi connectivity index (χ2n) is 11.5. The minimum Gasteiger partial charge on any atom is -0.490 e. The van der Waals surface area contributed by atoms with E-state index < -0.39 is 17.6 Å². The molecule has 0 bridgehead atoms. The topological polar surface area (TPSA) is 87.1 Å². The Hall–Kier alpha value is -2.86. The zero-order valence-electron chi connectivity index (χ0n) is 24.2. The van der Waals surface area contributed by atoms with Gasteiger partial charge in [0.2, 0.25) is 0 Å². The van der Waals surface area contributed by atoms with Crippen LogP contribution >= 0.6 is 0 Å². The molecule has 0 radical (unpaired) electrons. The Kier molecular flexibility index (Phi) is 9.24. The van der Waals surface area contributed by atoms with Crippen LogP contribution in [-0.2, 0) is 10.2 Å². The van der Waals surface area contributed by atoms with Gasteiger partial charge in [-0.1, -0.05) is 58.9 Å². The number of aliphatic hydroxyl groups is 1. The number of aryl methyl sites for hydroxylation is 2. The first-order valence-electron chi connectivity index (χ1n) is 13.1. The Morgan fingerprint density at radius 2 is 1.46 bits per heavy atom. The number of hydrogen-bond donors (Lipinski definition) is 2. The van der Waals surface area contributed by atoms with Crippen molar-refractivity contribution in [3.63, 3.8) is 0 Å². The molecule has 2 aromatic carbocycles. The van der Waals surface area contributed by atoms with E-state index in [1.54, 1.807) is 6.92 Å². The summed E-state index contributed by atoms with van der Waals surface area (Å²) >= 11 is 0. The number of rotatable bonds is 10. The van der Waals surface area contributed by atoms with Gasteiger partial charge >= 0.3 is 5.97 Å². The molecule has 6 nitrogen and oxygen atoms in total. The summed E-state index contributed by atoms with van der Waals surface area (Å²) in [4.78, 5) is 25.6. The highest BCUT2D eigenvalue weighted by Gasteiger charge is 2.36. The molecular formula is C31H45NO5. The number of benzene rings is 2. The highest BCUT2D eigenvalue weighted by atomic mass is 16.5. The number of carbonyl (C=O) groups excluding carboxylic acids is 1. The number of carboxylic acid groups (broad SMARTS) is 1. The quantitative estimate of drug-likeness (QED) is 0.401. The van der Waals surface area contributed by atoms with Gasteiger partial charge in [-0.2, -0.15) is 0 Å². The van der Waals surface area contributed by atoms with Gasteiger partial charge < -0.3 is 19.8 Å². The van der Waals surface area contributed by atoms with Gasteiger partial charge in [0.25, 0.3) is 5.91 Å². The van der Waals surface area contributed by atoms with Crippen molar-refractivity contribution in [2.45, 2.75) is 92.2 Å². The lowest BCUT2D eigenvalue weighted by Gasteiger charge is -2.37. The summed E-state index contributed by atoms with van der Waals surface area (Å²) in [6.07, 6.45) is 1.73. The summed E-state index contributed by atoms with van der Waals surface area (Å²) in [5, 5.41) is 20.1. The summed E-state index contributed by atoms with van der Waals surface area (Å²) < 4.78 is 6.05. The van der Waals surface area contributed by atoms with E-state index in [4.69, 9.17) is 4.74 Å². The Balaban J connectivity index is 2.42. The number of aliphatic carboxylic acids is 1. The van der Waals surface area contributed by atoms with Crippen molar-refractivity contribution in [1.29, 1.82) is 0 Å². The lowest BCUT2D eigenvalue weighted by Crippen LogP contribution is -2.45. The third-order valence-electron chi connectivity index (χ3n) is 8.33. The van der Waals surface area contributed by atoms with Crippen LogP contribution in [0.15, 0.2) is 36.4 Å². The molecule has 0 saturated carbocycles. The van der Waals surface area contributed by atoms with E-state index in [1.807, 2.05) is 52.8 Å². The minimum absolute atomic E-state index is 0.201. The third kappa shape index (κ3) is 6.18. The molecule has 2 aromatic rings. The van der Waals surface area contributed by atoms with Crippen LogP contribution in [0.5, 0.6) is 5.75 Å². The second-order valence-corrected chi connectivity index (χ2v) is 11.5. The predicted molar refractivity (Wildman–Crippen MR) is 148 cm³/mol. The number of likely N-dealkylation sites (N-methyl/N-ethyl adjacent to an activating group) is 1. The molecule has 0 fully saturated rings. The van der Waals surface area contributed by atoms with Crippen molar-refractivity contribution >= 4 is 11.9 Å². The zero-order valence-corrected chi connectivity index (χ0v) is 24.2. The number of hydrogen-bond acceptors (Lipinski definition) is 4. The highest BCUT2D eigenvalue weighted by Crippen LogP contribution is 2.41. The lowest BCUT2D eigenvalue weighted by atomic mass is 9.70. The average Bonchev–Trinajstić information content (AvgIpc) is 2.82. The largest absolute Gasteiger partial charge is 0.490 e. The standard InChI is InChI=1S/C31H45NO5/c1-11-31(12-2,23-13-15-25(20(3)17-23)27(33)32(10)22(5)28(34)35)24-14-16-26(21(4)18-24)37-19-30(9,36)29(6,7)8/h13-18,22,36H,11-12,19H2,1-10H3,(H,34,35). The smallest absolute Gasteiger partial charge is 0.326 e. The Morgan fingerprint density at radius 1 is 0.946 bits per heavy atom. The summed E-state index contributed by atoms with van der Waals surface area (Å²) in [7, 11) is 1.52. The maximum absolute atomic E-state index is 13.0. The first-order valence-corrected chi connectivity index (χ1v) is 13.1. The zero-order chi connectivity index (χ0) is 28.3. The van der Waals surface area contributed by atoms with Gasteiger partial charge in [-0.05, 0) is 80.3 Å². The molecular weight excluding hydrogens is 466 g/mol. The van der Waals surface area contributed by atoms with Gasteiger partial charge in [-0.3, -0.25) is 4.79 Å². The van der Waals surface area contributed by atoms with Crippen LogP contribution in [-0.4, -0.2) is 52.3 Å². The van der Waals surface area contributed by atoms with E-state index in [2.05, 4.69) is 32.0 Å². The van der Waals surface area contributed by atoms with Gasteiger partial charge in [-0.15, -0.1) is 0 Å². The molecule has 0 spiro atoms. The number of nitrogens with zero attached hydrogens (tertiary/aromatic N) is 1. The molecule has 0 aliphatic rings. The normalized spacial score (nSPS) is 14.6. The van der Waals surface area contributed by atoms with Crippen molar-refractivity contribution in [2.24, 2.45) is 5.41 Å². The molecule has 2 atom stereocenters. The molecule has 37 heavy (non-hydrogen) atoms. The van der Waals surface area contributed by atoms with Crippen LogP contribution in [0.2, 0.25) is 0 Å². The number of carboxylic acids is 1. The summed E-state index contributed by atoms with van der Waals surface area (Å²) in [6, 6.07) is 11.2. The summed E-state index contributed by atoms with van der Waals surface area (Å²) in [6.45, 7) is 17.7. The van der Waals surface area contributed by atoms with Crippen LogP contribution in [0.3, 0.4) is 0 Å². The van der Waals surface area contributed by atoms with Crippen LogP contribution < -0.4 is 4.74 Å². The van der Waals surface area contributed by atoms with Crippen molar-refractivity contribution in [2.75, 3.05) is 13.7 Å². The average molecular weight is 512 g/mol. The van der Waals surface area contributed by atoms with E-state index in [9.17, 15) is 19.8 Å². The van der Waals surface area contributed by atoms with Gasteiger partial charge in [-0.25, -0.2) is 4.79 Å². The van der Waals surface area contributed by atoms with Crippen molar-refractivity contribution in [1.82, 2.24) is 4.90 Å². The van der Waals surface area contributed by atoms with E-state index in [0.717, 1.165) is 35.3 Å². The maximum atomic E-state index is 13.0. The highest BCUT2D eigenvalue weighted by molar-refractivity contribution is 5.97. The van der Waals surface area contributed by atoms with Crippen LogP contribution in [0, 0.1) is 19.3 Å². The van der Waals surface area contributed by atoms with E-state index >= 15 is 0 Å². The van der Waals surface area contributed by atoms with E-state index in [-0.39, 0.29) is 23.3 Å². The van der Waals surface area contributed by atoms with Crippen molar-refractivity contribution in [3.8, 4) is 5.75 Å². The molecule has 0 aliphatic heterocycles. The lowest BCUT2D eigenvalue weighted by molar-refractivity contribution is -0.141. The summed E-state index contributed by atoms with van der Waals surface area (Å²) in [5.74, 6) is -0.589. The Morgan fingerprint density at radius 3 is 1.89 bits per heavy atom. The molecule has 0 heterocycles. The molecule has 0 aliphatic carbocycles. The second kappa shape index (κ2) is 11.3. The first-order chi connectivity index (χ1) is 17.0. The SMILES string of the molecule is CCC(CC)(c1ccc(OCC(C)(O)C(C)(C)C)c(C)c1)c1ccc(C(=O)N(C)C(C)C(=O)O)c(C)c1. The fourth-order valence-electron chi connectivity index (χ4n) is 4.51. The van der Waals surface area contributed by atoms with Gasteiger partial charge in [0.05, 0.1) is 0 Å². The number of ether oxygens (including phenoxy) is 1. The van der Waals surface area contributed by atoms with Crippen molar-refractivity contribution < 1.29 is 24.5 Å². The molecule has 1 amide bonds. The molecule has 2 rings (SSSR count). The minimum atomic E-state index is -1.04. The molecule has 204 valence electrons. The first kappa shape index (κ1) is 30.4. The predicted octanol–water partition coefficient (Wildman–Crippen LogP) is 6.13. The maximum Gasteiger partial charge on any atom is 0.326 e. The van der Waals surface area contributed by atoms with Gasteiger partial charge in [0.15, 0.2) is 0 Å². The molecule has 0 saturated heterocycles. The number of amides is 1. The van der Waals surface area contributed by atoms with E-state index in [0.29, 0.717) is 5.56 Å². The molecule has 2 N–H and O–H groups in total. The fourth-order valence-corrected chi connectivity index (χ4v) is 4.51. The summed E-state index contributed by atoms with van der Waals surface area (Å²) in [5.41, 5.74) is 3.07. The fraction of sp³-hybridized carbons (Fsp3) is 0.548. The third-order valence-corrected chi connectivity index (χ3v) is 8.33. The van der Waals surface area contributed by atoms with Crippen molar-refractivity contribution in [3.05, 3.63) is 64.2 Å². The van der Waals surface area contributed by atoms with Gasteiger partial charge in [0, 0.05) is 18.0 Å². The number of carbonyl (C=O) groups is 2. The van der Waals surface area contributed by atoms with Crippen LogP contribution in [0.25, 0.3) is 0 Å².